The summed E-state index contributed by atoms with van der Waals surface area (Å²) in [5, 5.41) is 2.85. The van der Waals surface area contributed by atoms with E-state index in [1.807, 2.05) is 66.4 Å². The van der Waals surface area contributed by atoms with E-state index in [2.05, 4.69) is 15.3 Å². The Labute approximate surface area is 197 Å². The summed E-state index contributed by atoms with van der Waals surface area (Å²) >= 11 is 0. The average Bonchev–Trinajstić information content (AvgIpc) is 2.84. The average molecular weight is 455 g/mol. The van der Waals surface area contributed by atoms with Gasteiger partial charge in [-0.1, -0.05) is 48.5 Å². The summed E-state index contributed by atoms with van der Waals surface area (Å²) in [4.78, 5) is 23.2. The second kappa shape index (κ2) is 9.31. The smallest absolute Gasteiger partial charge is 0.275 e. The van der Waals surface area contributed by atoms with Crippen LogP contribution in [0.25, 0.3) is 11.1 Å². The van der Waals surface area contributed by atoms with Gasteiger partial charge in [-0.15, -0.1) is 0 Å². The van der Waals surface area contributed by atoms with Gasteiger partial charge in [-0.25, -0.2) is 14.4 Å². The van der Waals surface area contributed by atoms with Crippen molar-refractivity contribution in [1.82, 2.24) is 9.97 Å². The van der Waals surface area contributed by atoms with E-state index < -0.39 is 0 Å². The lowest BCUT2D eigenvalue weighted by Crippen LogP contribution is -2.54. The molecule has 1 aliphatic heterocycles. The number of aryl methyl sites for hydroxylation is 1. The number of ether oxygens (including phenoxy) is 1. The first-order chi connectivity index (χ1) is 16.5. The molecule has 1 aromatic heterocycles. The van der Waals surface area contributed by atoms with Crippen LogP contribution in [-0.4, -0.2) is 35.1 Å². The van der Waals surface area contributed by atoms with E-state index in [0.717, 1.165) is 16.7 Å². The van der Waals surface area contributed by atoms with Gasteiger partial charge in [-0.3, -0.25) is 4.79 Å². The molecule has 1 fully saturated rings. The molecule has 170 valence electrons. The molecule has 1 aliphatic rings. The monoisotopic (exact) mass is 454 g/mol. The number of carbonyl (C=O) groups excluding carboxylic acids is 1. The Bertz CT molecular complexity index is 1290. The van der Waals surface area contributed by atoms with Crippen molar-refractivity contribution in [1.29, 1.82) is 0 Å². The minimum absolute atomic E-state index is 0.0517. The van der Waals surface area contributed by atoms with Gasteiger partial charge in [0.2, 0.25) is 0 Å². The zero-order valence-corrected chi connectivity index (χ0v) is 18.6. The molecule has 0 bridgehead atoms. The van der Waals surface area contributed by atoms with Crippen LogP contribution in [0.4, 0.5) is 15.9 Å². The highest BCUT2D eigenvalue weighted by Crippen LogP contribution is 2.26. The first-order valence-corrected chi connectivity index (χ1v) is 11.0. The van der Waals surface area contributed by atoms with Crippen molar-refractivity contribution in [2.24, 2.45) is 0 Å². The molecule has 0 saturated carbocycles. The van der Waals surface area contributed by atoms with Gasteiger partial charge in [-0.2, -0.15) is 0 Å². The molecule has 0 aliphatic carbocycles. The Hall–Kier alpha value is -4.26. The standard InChI is InChI=1S/C27H23FN4O2/c1-18-7-10-21(28)13-25(18)34-23-16-32(17-23)26-15-29-24(14-30-26)27(33)31-22-11-8-20(9-12-22)19-5-3-2-4-6-19/h2-15,23H,16-17H2,1H3,(H,31,33). The lowest BCUT2D eigenvalue weighted by molar-refractivity contribution is 0.102. The maximum atomic E-state index is 13.4. The van der Waals surface area contributed by atoms with Crippen LogP contribution in [0.5, 0.6) is 5.75 Å². The van der Waals surface area contributed by atoms with Crippen LogP contribution in [-0.2, 0) is 0 Å². The lowest BCUT2D eigenvalue weighted by atomic mass is 10.1. The number of nitrogens with one attached hydrogen (secondary N) is 1. The summed E-state index contributed by atoms with van der Waals surface area (Å²) in [5.74, 6) is 0.584. The van der Waals surface area contributed by atoms with Crippen molar-refractivity contribution in [2.45, 2.75) is 13.0 Å². The summed E-state index contributed by atoms with van der Waals surface area (Å²) in [6, 6.07) is 22.2. The molecule has 0 unspecified atom stereocenters. The molecular formula is C27H23FN4O2. The van der Waals surface area contributed by atoms with Gasteiger partial charge in [0.15, 0.2) is 0 Å². The van der Waals surface area contributed by atoms with Gasteiger partial charge >= 0.3 is 0 Å². The minimum atomic E-state index is -0.321. The number of hydrogen-bond donors (Lipinski definition) is 1. The highest BCUT2D eigenvalue weighted by atomic mass is 19.1. The highest BCUT2D eigenvalue weighted by Gasteiger charge is 2.30. The van der Waals surface area contributed by atoms with Gasteiger partial charge < -0.3 is 15.0 Å². The Morgan fingerprint density at radius 3 is 2.41 bits per heavy atom. The molecule has 3 aromatic carbocycles. The molecule has 1 amide bonds. The van der Waals surface area contributed by atoms with Gasteiger partial charge in [0.25, 0.3) is 5.91 Å². The number of amides is 1. The number of carbonyl (C=O) groups is 1. The van der Waals surface area contributed by atoms with E-state index in [-0.39, 0.29) is 23.5 Å². The maximum Gasteiger partial charge on any atom is 0.275 e. The molecule has 1 saturated heterocycles. The number of aromatic nitrogens is 2. The van der Waals surface area contributed by atoms with Crippen LogP contribution in [0.15, 0.2) is 85.2 Å². The second-order valence-corrected chi connectivity index (χ2v) is 8.21. The SMILES string of the molecule is Cc1ccc(F)cc1OC1CN(c2cnc(C(=O)Nc3ccc(-c4ccccc4)cc3)cn2)C1. The molecule has 34 heavy (non-hydrogen) atoms. The Morgan fingerprint density at radius 2 is 1.71 bits per heavy atom. The third-order valence-electron chi connectivity index (χ3n) is 5.74. The zero-order valence-electron chi connectivity index (χ0n) is 18.6. The second-order valence-electron chi connectivity index (χ2n) is 8.21. The quantitative estimate of drug-likeness (QED) is 0.439. The molecule has 5 rings (SSSR count). The molecule has 2 heterocycles. The van der Waals surface area contributed by atoms with Crippen molar-refractivity contribution < 1.29 is 13.9 Å². The highest BCUT2D eigenvalue weighted by molar-refractivity contribution is 6.02. The first kappa shape index (κ1) is 21.6. The first-order valence-electron chi connectivity index (χ1n) is 11.0. The molecule has 0 radical (unpaired) electrons. The Balaban J connectivity index is 1.15. The maximum absolute atomic E-state index is 13.4. The molecule has 6 nitrogen and oxygen atoms in total. The number of benzene rings is 3. The van der Waals surface area contributed by atoms with Crippen molar-refractivity contribution in [3.63, 3.8) is 0 Å². The van der Waals surface area contributed by atoms with Gasteiger partial charge in [0.1, 0.15) is 29.2 Å². The summed E-state index contributed by atoms with van der Waals surface area (Å²) in [6.45, 7) is 3.12. The minimum Gasteiger partial charge on any atom is -0.486 e. The van der Waals surface area contributed by atoms with Crippen LogP contribution >= 0.6 is 0 Å². The molecule has 0 atom stereocenters. The molecule has 7 heteroatoms. The van der Waals surface area contributed by atoms with Gasteiger partial charge in [-0.05, 0) is 41.8 Å². The molecule has 1 N–H and O–H groups in total. The Morgan fingerprint density at radius 1 is 0.971 bits per heavy atom. The fraction of sp³-hybridized carbons (Fsp3) is 0.148. The van der Waals surface area contributed by atoms with Crippen molar-refractivity contribution in [2.75, 3.05) is 23.3 Å². The van der Waals surface area contributed by atoms with Crippen LogP contribution < -0.4 is 15.0 Å². The van der Waals surface area contributed by atoms with E-state index in [9.17, 15) is 9.18 Å². The van der Waals surface area contributed by atoms with Crippen LogP contribution in [0.3, 0.4) is 0 Å². The number of anilines is 2. The number of nitrogens with zero attached hydrogens (tertiary/aromatic N) is 3. The van der Waals surface area contributed by atoms with Crippen molar-refractivity contribution in [3.8, 4) is 16.9 Å². The predicted molar refractivity (Wildman–Crippen MR) is 130 cm³/mol. The molecule has 4 aromatic rings. The van der Waals surface area contributed by atoms with E-state index in [4.69, 9.17) is 4.74 Å². The lowest BCUT2D eigenvalue weighted by Gasteiger charge is -2.39. The van der Waals surface area contributed by atoms with Crippen LogP contribution in [0.2, 0.25) is 0 Å². The predicted octanol–water partition coefficient (Wildman–Crippen LogP) is 5.11. The van der Waals surface area contributed by atoms with Crippen LogP contribution in [0, 0.1) is 12.7 Å². The van der Waals surface area contributed by atoms with Crippen molar-refractivity contribution >= 4 is 17.4 Å². The molecule has 0 spiro atoms. The third kappa shape index (κ3) is 4.73. The van der Waals surface area contributed by atoms with E-state index in [0.29, 0.717) is 30.3 Å². The molecular weight excluding hydrogens is 431 g/mol. The van der Waals surface area contributed by atoms with E-state index >= 15 is 0 Å². The van der Waals surface area contributed by atoms with Crippen molar-refractivity contribution in [3.05, 3.63) is 102 Å². The van der Waals surface area contributed by atoms with Gasteiger partial charge in [0.05, 0.1) is 25.5 Å². The van der Waals surface area contributed by atoms with E-state index in [1.165, 1.54) is 18.3 Å². The summed E-state index contributed by atoms with van der Waals surface area (Å²) in [5.41, 5.74) is 4.01. The number of halogens is 1. The largest absolute Gasteiger partial charge is 0.486 e. The fourth-order valence-corrected chi connectivity index (χ4v) is 3.75. The third-order valence-corrected chi connectivity index (χ3v) is 5.74. The summed E-state index contributed by atoms with van der Waals surface area (Å²) in [7, 11) is 0. The summed E-state index contributed by atoms with van der Waals surface area (Å²) < 4.78 is 19.3. The zero-order chi connectivity index (χ0) is 23.5. The number of rotatable bonds is 6. The van der Waals surface area contributed by atoms with Gasteiger partial charge in [0, 0.05) is 11.8 Å². The van der Waals surface area contributed by atoms with E-state index in [1.54, 1.807) is 12.3 Å². The Kier molecular flexibility index (Phi) is 5.91. The number of hydrogen-bond acceptors (Lipinski definition) is 5. The summed E-state index contributed by atoms with van der Waals surface area (Å²) in [6.07, 6.45) is 2.99. The fourth-order valence-electron chi connectivity index (χ4n) is 3.75. The topological polar surface area (TPSA) is 67.3 Å². The normalized spacial score (nSPS) is 13.3. The van der Waals surface area contributed by atoms with Crippen LogP contribution in [0.1, 0.15) is 16.1 Å².